The predicted molar refractivity (Wildman–Crippen MR) is 180 cm³/mol. The van der Waals surface area contributed by atoms with Gasteiger partial charge >= 0.3 is 12.1 Å². The summed E-state index contributed by atoms with van der Waals surface area (Å²) in [6.45, 7) is 16.3. The number of nitrogens with one attached hydrogen (secondary N) is 2. The summed E-state index contributed by atoms with van der Waals surface area (Å²) in [6.07, 6.45) is 1.75. The molecule has 2 N–H and O–H groups in total. The van der Waals surface area contributed by atoms with Gasteiger partial charge in [-0.1, -0.05) is 54.1 Å². The third kappa shape index (κ3) is 12.4. The van der Waals surface area contributed by atoms with Gasteiger partial charge in [-0.25, -0.2) is 9.59 Å². The Kier molecular flexibility index (Phi) is 14.0. The fraction of sp³-hybridized carbons (Fsp3) is 0.543. The van der Waals surface area contributed by atoms with Gasteiger partial charge in [-0.3, -0.25) is 9.59 Å². The zero-order chi connectivity index (χ0) is 33.9. The van der Waals surface area contributed by atoms with Crippen molar-refractivity contribution in [1.29, 1.82) is 0 Å². The van der Waals surface area contributed by atoms with Crippen molar-refractivity contribution >= 4 is 35.6 Å². The lowest BCUT2D eigenvalue weighted by molar-refractivity contribution is -0.159. The Bertz CT molecular complexity index is 1300. The van der Waals surface area contributed by atoms with E-state index in [1.165, 1.54) is 4.90 Å². The molecule has 0 radical (unpaired) electrons. The van der Waals surface area contributed by atoms with Crippen LogP contribution in [0, 0.1) is 13.8 Å². The molecule has 0 aliphatic rings. The highest BCUT2D eigenvalue weighted by Crippen LogP contribution is 2.28. The van der Waals surface area contributed by atoms with E-state index in [9.17, 15) is 19.2 Å². The van der Waals surface area contributed by atoms with Gasteiger partial charge in [0.15, 0.2) is 0 Å². The highest BCUT2D eigenvalue weighted by atomic mass is 32.2. The van der Waals surface area contributed by atoms with Crippen molar-refractivity contribution in [2.24, 2.45) is 0 Å². The molecule has 0 bridgehead atoms. The molecule has 45 heavy (non-hydrogen) atoms. The van der Waals surface area contributed by atoms with E-state index in [2.05, 4.69) is 10.6 Å². The number of ether oxygens (including phenoxy) is 2. The number of amides is 3. The van der Waals surface area contributed by atoms with Crippen molar-refractivity contribution in [3.63, 3.8) is 0 Å². The van der Waals surface area contributed by atoms with E-state index in [-0.39, 0.29) is 13.0 Å². The number of alkyl carbamates (subject to hydrolysis) is 1. The molecule has 0 aliphatic carbocycles. The van der Waals surface area contributed by atoms with E-state index in [1.807, 2.05) is 68.6 Å². The number of aryl methyl sites for hydroxylation is 2. The molecule has 0 aliphatic heterocycles. The average Bonchev–Trinajstić information content (AvgIpc) is 2.93. The molecule has 3 atom stereocenters. The van der Waals surface area contributed by atoms with Gasteiger partial charge in [0, 0.05) is 13.0 Å². The molecule has 3 unspecified atom stereocenters. The second kappa shape index (κ2) is 16.7. The third-order valence-corrected chi connectivity index (χ3v) is 7.45. The Morgan fingerprint density at radius 3 is 2.04 bits per heavy atom. The highest BCUT2D eigenvalue weighted by Gasteiger charge is 2.38. The van der Waals surface area contributed by atoms with E-state index in [0.717, 1.165) is 16.7 Å². The predicted octanol–water partition coefficient (Wildman–Crippen LogP) is 5.91. The van der Waals surface area contributed by atoms with Crippen molar-refractivity contribution < 1.29 is 28.7 Å². The quantitative estimate of drug-likeness (QED) is 0.262. The largest absolute Gasteiger partial charge is 0.458 e. The van der Waals surface area contributed by atoms with E-state index in [1.54, 1.807) is 60.2 Å². The lowest BCUT2D eigenvalue weighted by Gasteiger charge is -2.35. The second-order valence-corrected chi connectivity index (χ2v) is 14.1. The molecule has 3 amide bonds. The van der Waals surface area contributed by atoms with E-state index in [0.29, 0.717) is 17.7 Å². The number of carbonyl (C=O) groups is 4. The summed E-state index contributed by atoms with van der Waals surface area (Å²) in [5.41, 5.74) is 1.68. The maximum absolute atomic E-state index is 14.4. The molecule has 9 nitrogen and oxygen atoms in total. The summed E-state index contributed by atoms with van der Waals surface area (Å²) >= 11 is 1.55. The number of benzene rings is 2. The number of esters is 1. The normalized spacial score (nSPS) is 13.6. The lowest BCUT2D eigenvalue weighted by atomic mass is 9.95. The molecule has 0 saturated carbocycles. The zero-order valence-corrected chi connectivity index (χ0v) is 29.3. The minimum Gasteiger partial charge on any atom is -0.458 e. The second-order valence-electron chi connectivity index (χ2n) is 13.2. The number of nitrogens with zero attached hydrogens (tertiary/aromatic N) is 1. The fourth-order valence-corrected chi connectivity index (χ4v) is 5.25. The molecule has 248 valence electrons. The Hall–Kier alpha value is -3.53. The first-order valence-corrected chi connectivity index (χ1v) is 16.8. The van der Waals surface area contributed by atoms with Crippen LogP contribution in [-0.4, -0.2) is 70.6 Å². The van der Waals surface area contributed by atoms with Gasteiger partial charge in [0.2, 0.25) is 11.8 Å². The number of carbonyl (C=O) groups excluding carboxylic acids is 4. The molecule has 2 rings (SSSR count). The van der Waals surface area contributed by atoms with Crippen molar-refractivity contribution in [3.05, 3.63) is 70.8 Å². The van der Waals surface area contributed by atoms with Crippen LogP contribution >= 0.6 is 11.8 Å². The summed E-state index contributed by atoms with van der Waals surface area (Å²) in [7, 11) is 0. The van der Waals surface area contributed by atoms with Crippen LogP contribution in [0.15, 0.2) is 48.5 Å². The average molecular weight is 642 g/mol. The van der Waals surface area contributed by atoms with Crippen LogP contribution in [0.2, 0.25) is 0 Å². The fourth-order valence-electron chi connectivity index (χ4n) is 4.78. The van der Waals surface area contributed by atoms with Gasteiger partial charge in [0.25, 0.3) is 0 Å². The molecule has 10 heteroatoms. The first-order valence-electron chi connectivity index (χ1n) is 15.4. The Balaban J connectivity index is 2.57. The maximum Gasteiger partial charge on any atom is 0.408 e. The number of likely N-dealkylation sites (N-methyl/N-ethyl adjacent to an activating group) is 1. The van der Waals surface area contributed by atoms with Crippen LogP contribution in [0.1, 0.15) is 83.2 Å². The summed E-state index contributed by atoms with van der Waals surface area (Å²) in [5.74, 6) is -0.915. The zero-order valence-electron chi connectivity index (χ0n) is 28.5. The van der Waals surface area contributed by atoms with Crippen LogP contribution < -0.4 is 10.6 Å². The SMILES string of the molecule is CCN(C(=O)C(CCSC)NC(=O)OC(C)(C)C)C(C(=O)NC(Cc1ccccc1)C(=O)OC(C)(C)C)c1cc(C)ccc1C. The van der Waals surface area contributed by atoms with Gasteiger partial charge in [0.05, 0.1) is 0 Å². The van der Waals surface area contributed by atoms with Gasteiger partial charge in [-0.2, -0.15) is 11.8 Å². The third-order valence-electron chi connectivity index (χ3n) is 6.80. The Morgan fingerprint density at radius 2 is 1.49 bits per heavy atom. The Labute approximate surface area is 273 Å². The molecule has 0 saturated heterocycles. The van der Waals surface area contributed by atoms with E-state index < -0.39 is 53.2 Å². The summed E-state index contributed by atoms with van der Waals surface area (Å²) in [4.78, 5) is 56.4. The van der Waals surface area contributed by atoms with Crippen molar-refractivity contribution in [1.82, 2.24) is 15.5 Å². The number of hydrogen-bond donors (Lipinski definition) is 2. The van der Waals surface area contributed by atoms with Crippen LogP contribution in [0.25, 0.3) is 0 Å². The Morgan fingerprint density at radius 1 is 0.867 bits per heavy atom. The number of rotatable bonds is 13. The smallest absolute Gasteiger partial charge is 0.408 e. The van der Waals surface area contributed by atoms with Crippen LogP contribution in [0.4, 0.5) is 4.79 Å². The molecule has 0 spiro atoms. The lowest BCUT2D eigenvalue weighted by Crippen LogP contribution is -2.55. The minimum atomic E-state index is -1.08. The molecule has 0 aromatic heterocycles. The summed E-state index contributed by atoms with van der Waals surface area (Å²) in [5, 5.41) is 5.67. The molecule has 0 fully saturated rings. The van der Waals surface area contributed by atoms with Crippen molar-refractivity contribution in [2.45, 2.75) is 104 Å². The van der Waals surface area contributed by atoms with Crippen molar-refractivity contribution in [2.75, 3.05) is 18.6 Å². The van der Waals surface area contributed by atoms with Gasteiger partial charge < -0.3 is 25.0 Å². The number of hydrogen-bond acceptors (Lipinski definition) is 7. The van der Waals surface area contributed by atoms with E-state index >= 15 is 0 Å². The molecular weight excluding hydrogens is 590 g/mol. The molecule has 2 aromatic carbocycles. The molecular formula is C35H51N3O6S. The number of thioether (sulfide) groups is 1. The van der Waals surface area contributed by atoms with Gasteiger partial charge in [-0.15, -0.1) is 0 Å². The monoisotopic (exact) mass is 641 g/mol. The first kappa shape index (κ1) is 37.7. The molecule has 0 heterocycles. The minimum absolute atomic E-state index is 0.172. The maximum atomic E-state index is 14.4. The highest BCUT2D eigenvalue weighted by molar-refractivity contribution is 7.98. The van der Waals surface area contributed by atoms with Gasteiger partial charge in [-0.05, 0) is 97.4 Å². The van der Waals surface area contributed by atoms with Crippen LogP contribution in [0.5, 0.6) is 0 Å². The molecule has 2 aromatic rings. The summed E-state index contributed by atoms with van der Waals surface area (Å²) in [6, 6.07) is 12.1. The summed E-state index contributed by atoms with van der Waals surface area (Å²) < 4.78 is 11.2. The topological polar surface area (TPSA) is 114 Å². The van der Waals surface area contributed by atoms with Crippen LogP contribution in [-0.2, 0) is 30.3 Å². The van der Waals surface area contributed by atoms with E-state index in [4.69, 9.17) is 9.47 Å². The first-order chi connectivity index (χ1) is 21.0. The standard InChI is InChI=1S/C35H51N3O6S/c1-11-38(31(40)27(19-20-45-10)37-33(42)44-35(7,8)9)29(26-21-23(2)17-18-24(26)3)30(39)36-28(32(41)43-34(4,5)6)22-25-15-13-12-14-16-25/h12-18,21,27-29H,11,19-20,22H2,1-10H3,(H,36,39)(H,37,42). The van der Waals surface area contributed by atoms with Crippen LogP contribution in [0.3, 0.4) is 0 Å². The van der Waals surface area contributed by atoms with Crippen molar-refractivity contribution in [3.8, 4) is 0 Å². The van der Waals surface area contributed by atoms with Gasteiger partial charge in [0.1, 0.15) is 29.3 Å².